The maximum absolute atomic E-state index is 11.4. The molecule has 2 unspecified atom stereocenters. The summed E-state index contributed by atoms with van der Waals surface area (Å²) in [5.41, 5.74) is 0. The van der Waals surface area contributed by atoms with Gasteiger partial charge in [-0.25, -0.2) is 0 Å². The van der Waals surface area contributed by atoms with Crippen LogP contribution in [0.5, 0.6) is 0 Å². The average Bonchev–Trinajstić information content (AvgIpc) is 2.33. The van der Waals surface area contributed by atoms with Gasteiger partial charge in [-0.3, -0.25) is 4.79 Å². The SMILES string of the molecule is CCC(C)N(CC)CCC(NC)C(=O)OC. The highest BCUT2D eigenvalue weighted by molar-refractivity contribution is 5.75. The Kier molecular flexibility index (Phi) is 8.21. The highest BCUT2D eigenvalue weighted by atomic mass is 16.5. The molecular weight excluding hydrogens is 204 g/mol. The zero-order chi connectivity index (χ0) is 12.6. The lowest BCUT2D eigenvalue weighted by molar-refractivity contribution is -0.143. The number of likely N-dealkylation sites (N-methyl/N-ethyl adjacent to an activating group) is 1. The molecule has 0 fully saturated rings. The zero-order valence-electron chi connectivity index (χ0n) is 11.2. The maximum atomic E-state index is 11.4. The summed E-state index contributed by atoms with van der Waals surface area (Å²) in [5.74, 6) is -0.178. The predicted octanol–water partition coefficient (Wildman–Crippen LogP) is 1.26. The molecule has 0 spiro atoms. The van der Waals surface area contributed by atoms with Gasteiger partial charge in [-0.15, -0.1) is 0 Å². The minimum absolute atomic E-state index is 0.178. The number of ether oxygens (including phenoxy) is 1. The zero-order valence-corrected chi connectivity index (χ0v) is 11.2. The van der Waals surface area contributed by atoms with Crippen LogP contribution in [0.1, 0.15) is 33.6 Å². The summed E-state index contributed by atoms with van der Waals surface area (Å²) >= 11 is 0. The van der Waals surface area contributed by atoms with E-state index in [-0.39, 0.29) is 12.0 Å². The van der Waals surface area contributed by atoms with Crippen LogP contribution < -0.4 is 5.32 Å². The van der Waals surface area contributed by atoms with Crippen molar-refractivity contribution in [1.82, 2.24) is 10.2 Å². The molecule has 4 nitrogen and oxygen atoms in total. The number of methoxy groups -OCH3 is 1. The van der Waals surface area contributed by atoms with E-state index in [0.717, 1.165) is 25.9 Å². The van der Waals surface area contributed by atoms with Crippen LogP contribution in [-0.2, 0) is 9.53 Å². The third-order valence-corrected chi connectivity index (χ3v) is 3.16. The minimum atomic E-state index is -0.192. The van der Waals surface area contributed by atoms with Crippen LogP contribution in [0.25, 0.3) is 0 Å². The molecule has 0 amide bonds. The molecule has 4 heteroatoms. The van der Waals surface area contributed by atoms with Crippen LogP contribution >= 0.6 is 0 Å². The fraction of sp³-hybridized carbons (Fsp3) is 0.917. The molecule has 0 aromatic heterocycles. The Balaban J connectivity index is 4.12. The van der Waals surface area contributed by atoms with Crippen molar-refractivity contribution < 1.29 is 9.53 Å². The Hall–Kier alpha value is -0.610. The van der Waals surface area contributed by atoms with Gasteiger partial charge in [0.05, 0.1) is 7.11 Å². The van der Waals surface area contributed by atoms with Gasteiger partial charge in [0.2, 0.25) is 0 Å². The van der Waals surface area contributed by atoms with Crippen molar-refractivity contribution in [3.63, 3.8) is 0 Å². The molecule has 0 aliphatic carbocycles. The molecule has 0 saturated carbocycles. The van der Waals surface area contributed by atoms with Crippen molar-refractivity contribution in [2.45, 2.75) is 45.7 Å². The molecule has 0 heterocycles. The normalized spacial score (nSPS) is 14.9. The van der Waals surface area contributed by atoms with E-state index in [4.69, 9.17) is 4.74 Å². The number of hydrogen-bond acceptors (Lipinski definition) is 4. The molecule has 96 valence electrons. The maximum Gasteiger partial charge on any atom is 0.322 e. The van der Waals surface area contributed by atoms with E-state index in [0.29, 0.717) is 6.04 Å². The lowest BCUT2D eigenvalue weighted by Crippen LogP contribution is -2.41. The van der Waals surface area contributed by atoms with Crippen LogP contribution in [0, 0.1) is 0 Å². The smallest absolute Gasteiger partial charge is 0.322 e. The van der Waals surface area contributed by atoms with E-state index in [1.165, 1.54) is 7.11 Å². The summed E-state index contributed by atoms with van der Waals surface area (Å²) in [7, 11) is 3.22. The van der Waals surface area contributed by atoms with Gasteiger partial charge in [-0.1, -0.05) is 13.8 Å². The third kappa shape index (κ3) is 4.94. The van der Waals surface area contributed by atoms with Crippen molar-refractivity contribution in [2.24, 2.45) is 0 Å². The van der Waals surface area contributed by atoms with E-state index in [9.17, 15) is 4.79 Å². The molecule has 16 heavy (non-hydrogen) atoms. The molecule has 0 aromatic carbocycles. The molecule has 1 N–H and O–H groups in total. The Morgan fingerprint density at radius 2 is 2.06 bits per heavy atom. The van der Waals surface area contributed by atoms with Crippen molar-refractivity contribution >= 4 is 5.97 Å². The number of esters is 1. The minimum Gasteiger partial charge on any atom is -0.468 e. The Bertz CT molecular complexity index is 197. The monoisotopic (exact) mass is 230 g/mol. The van der Waals surface area contributed by atoms with E-state index in [2.05, 4.69) is 31.0 Å². The largest absolute Gasteiger partial charge is 0.468 e. The van der Waals surface area contributed by atoms with Gasteiger partial charge in [-0.2, -0.15) is 0 Å². The Labute approximate surface area is 99.3 Å². The van der Waals surface area contributed by atoms with Gasteiger partial charge in [-0.05, 0) is 33.4 Å². The van der Waals surface area contributed by atoms with E-state index < -0.39 is 0 Å². The third-order valence-electron chi connectivity index (χ3n) is 3.16. The second-order valence-corrected chi connectivity index (χ2v) is 4.04. The molecular formula is C12H26N2O2. The first kappa shape index (κ1) is 15.4. The van der Waals surface area contributed by atoms with Crippen molar-refractivity contribution in [3.8, 4) is 0 Å². The molecule has 2 atom stereocenters. The lowest BCUT2D eigenvalue weighted by Gasteiger charge is -2.28. The summed E-state index contributed by atoms with van der Waals surface area (Å²) < 4.78 is 4.74. The van der Waals surface area contributed by atoms with E-state index >= 15 is 0 Å². The van der Waals surface area contributed by atoms with Gasteiger partial charge < -0.3 is 15.0 Å². The van der Waals surface area contributed by atoms with Gasteiger partial charge in [0.15, 0.2) is 0 Å². The number of rotatable bonds is 8. The topological polar surface area (TPSA) is 41.6 Å². The number of hydrogen-bond donors (Lipinski definition) is 1. The van der Waals surface area contributed by atoms with E-state index in [1.54, 1.807) is 7.05 Å². The Morgan fingerprint density at radius 1 is 1.44 bits per heavy atom. The van der Waals surface area contributed by atoms with Gasteiger partial charge >= 0.3 is 5.97 Å². The van der Waals surface area contributed by atoms with Crippen LogP contribution in [0.15, 0.2) is 0 Å². The van der Waals surface area contributed by atoms with Gasteiger partial charge in [0, 0.05) is 12.6 Å². The highest BCUT2D eigenvalue weighted by Crippen LogP contribution is 2.05. The van der Waals surface area contributed by atoms with Crippen molar-refractivity contribution in [3.05, 3.63) is 0 Å². The van der Waals surface area contributed by atoms with E-state index in [1.807, 2.05) is 0 Å². The van der Waals surface area contributed by atoms with Crippen LogP contribution in [0.4, 0.5) is 0 Å². The first-order chi connectivity index (χ1) is 7.60. The van der Waals surface area contributed by atoms with Gasteiger partial charge in [0.1, 0.15) is 6.04 Å². The summed E-state index contributed by atoms with van der Waals surface area (Å²) in [6, 6.07) is 0.378. The molecule has 0 aromatic rings. The highest BCUT2D eigenvalue weighted by Gasteiger charge is 2.19. The second kappa shape index (κ2) is 8.53. The summed E-state index contributed by atoms with van der Waals surface area (Å²) in [4.78, 5) is 13.8. The molecule has 0 rings (SSSR count). The predicted molar refractivity (Wildman–Crippen MR) is 66.5 cm³/mol. The molecule has 0 bridgehead atoms. The van der Waals surface area contributed by atoms with Crippen LogP contribution in [0.3, 0.4) is 0 Å². The number of nitrogens with one attached hydrogen (secondary N) is 1. The average molecular weight is 230 g/mol. The van der Waals surface area contributed by atoms with Crippen LogP contribution in [-0.4, -0.2) is 50.2 Å². The summed E-state index contributed by atoms with van der Waals surface area (Å²) in [5, 5.41) is 2.99. The Morgan fingerprint density at radius 3 is 2.44 bits per heavy atom. The fourth-order valence-electron chi connectivity index (χ4n) is 1.77. The quantitative estimate of drug-likeness (QED) is 0.637. The molecule has 0 saturated heterocycles. The number of carbonyl (C=O) groups is 1. The van der Waals surface area contributed by atoms with Crippen LogP contribution in [0.2, 0.25) is 0 Å². The summed E-state index contributed by atoms with van der Waals surface area (Å²) in [6.07, 6.45) is 1.93. The first-order valence-corrected chi connectivity index (χ1v) is 6.09. The van der Waals surface area contributed by atoms with Crippen molar-refractivity contribution in [1.29, 1.82) is 0 Å². The fourth-order valence-corrected chi connectivity index (χ4v) is 1.77. The lowest BCUT2D eigenvalue weighted by atomic mass is 10.1. The van der Waals surface area contributed by atoms with Gasteiger partial charge in [0.25, 0.3) is 0 Å². The molecule has 0 aliphatic rings. The standard InChI is InChI=1S/C12H26N2O2/c1-6-10(3)14(7-2)9-8-11(13-4)12(15)16-5/h10-11,13H,6-9H2,1-5H3. The van der Waals surface area contributed by atoms with Crippen molar-refractivity contribution in [2.75, 3.05) is 27.2 Å². The first-order valence-electron chi connectivity index (χ1n) is 6.09. The molecule has 0 aliphatic heterocycles. The summed E-state index contributed by atoms with van der Waals surface area (Å²) in [6.45, 7) is 8.50. The molecule has 0 radical (unpaired) electrons. The number of carbonyl (C=O) groups excluding carboxylic acids is 1. The second-order valence-electron chi connectivity index (χ2n) is 4.04. The number of nitrogens with zero attached hydrogens (tertiary/aromatic N) is 1.